The van der Waals surface area contributed by atoms with Gasteiger partial charge >= 0.3 is 0 Å². The summed E-state index contributed by atoms with van der Waals surface area (Å²) in [6.45, 7) is 5.33. The summed E-state index contributed by atoms with van der Waals surface area (Å²) in [5.74, 6) is 2.92. The number of nitrogens with one attached hydrogen (secondary N) is 1. The third kappa shape index (κ3) is 2.66. The average molecular weight is 394 g/mol. The number of likely N-dealkylation sites (N-methyl/N-ethyl adjacent to an activating group) is 1. The molecule has 0 fully saturated rings. The number of hydrogen-bond acceptors (Lipinski definition) is 6. The molecule has 3 aromatic rings. The first-order valence-corrected chi connectivity index (χ1v) is 9.76. The summed E-state index contributed by atoms with van der Waals surface area (Å²) in [5.41, 5.74) is 5.54. The molecule has 0 spiro atoms. The van der Waals surface area contributed by atoms with Crippen molar-refractivity contribution in [3.05, 3.63) is 52.3 Å². The van der Waals surface area contributed by atoms with Crippen LogP contribution in [0.25, 0.3) is 5.69 Å². The van der Waals surface area contributed by atoms with Crippen molar-refractivity contribution in [2.24, 2.45) is 0 Å². The smallest absolute Gasteiger partial charge is 0.231 e. The van der Waals surface area contributed by atoms with E-state index in [0.29, 0.717) is 5.75 Å². The maximum absolute atomic E-state index is 5.83. The van der Waals surface area contributed by atoms with Crippen LogP contribution in [0.5, 0.6) is 17.2 Å². The first-order valence-electron chi connectivity index (χ1n) is 9.76. The summed E-state index contributed by atoms with van der Waals surface area (Å²) < 4.78 is 19.1. The third-order valence-electron chi connectivity index (χ3n) is 5.92. The number of para-hydroxylation sites is 1. The minimum atomic E-state index is -0.0859. The van der Waals surface area contributed by atoms with Gasteiger partial charge in [-0.2, -0.15) is 4.68 Å². The Hall–Kier alpha value is -3.13. The van der Waals surface area contributed by atoms with E-state index >= 15 is 0 Å². The van der Waals surface area contributed by atoms with Gasteiger partial charge in [0.2, 0.25) is 18.4 Å². The molecule has 0 radical (unpaired) electrons. The molecule has 8 heteroatoms. The van der Waals surface area contributed by atoms with Crippen LogP contribution in [0.1, 0.15) is 34.1 Å². The van der Waals surface area contributed by atoms with E-state index < -0.39 is 0 Å². The van der Waals surface area contributed by atoms with Crippen molar-refractivity contribution in [1.82, 2.24) is 20.2 Å². The van der Waals surface area contributed by atoms with E-state index in [-0.39, 0.29) is 12.8 Å². The Kier molecular flexibility index (Phi) is 4.16. The Labute approximate surface area is 169 Å². The average Bonchev–Trinajstić information content (AvgIpc) is 3.36. The van der Waals surface area contributed by atoms with Gasteiger partial charge in [-0.25, -0.2) is 0 Å². The van der Waals surface area contributed by atoms with Crippen LogP contribution in [0.2, 0.25) is 0 Å². The Morgan fingerprint density at radius 3 is 2.76 bits per heavy atom. The van der Waals surface area contributed by atoms with Gasteiger partial charge in [0.1, 0.15) is 0 Å². The maximum Gasteiger partial charge on any atom is 0.231 e. The van der Waals surface area contributed by atoms with Crippen molar-refractivity contribution in [2.45, 2.75) is 26.3 Å². The number of aryl methyl sites for hydroxylation is 2. The molecule has 1 N–H and O–H groups in total. The lowest BCUT2D eigenvalue weighted by molar-refractivity contribution is -0.909. The minimum Gasteiger partial charge on any atom is -0.492 e. The highest BCUT2D eigenvalue weighted by Crippen LogP contribution is 2.48. The monoisotopic (exact) mass is 394 g/mol. The zero-order valence-corrected chi connectivity index (χ0v) is 17.0. The minimum absolute atomic E-state index is 0.0859. The molecule has 1 aromatic heterocycles. The third-order valence-corrected chi connectivity index (χ3v) is 5.92. The number of fused-ring (bicyclic) bond motifs is 2. The molecule has 0 amide bonds. The standard InChI is InChI=1S/C21H23N5O3/c1-12-6-5-7-13(2)17(12)26-21(22-23-24-26)18-16-14(8-9-25(18)3)10-15-19(20(16)27-4)29-11-28-15/h5-7,10,18H,8-9,11H2,1-4H3/p+1/t18-/m1/s1. The highest BCUT2D eigenvalue weighted by molar-refractivity contribution is 5.62. The highest BCUT2D eigenvalue weighted by atomic mass is 16.7. The Morgan fingerprint density at radius 1 is 1.21 bits per heavy atom. The summed E-state index contributed by atoms with van der Waals surface area (Å²) in [7, 11) is 3.84. The van der Waals surface area contributed by atoms with Crippen molar-refractivity contribution in [2.75, 3.05) is 27.5 Å². The predicted octanol–water partition coefficient (Wildman–Crippen LogP) is 1.18. The molecule has 1 unspecified atom stereocenters. The molecule has 0 saturated carbocycles. The van der Waals surface area contributed by atoms with Gasteiger partial charge in [-0.05, 0) is 47.0 Å². The second kappa shape index (κ2) is 6.73. The lowest BCUT2D eigenvalue weighted by atomic mass is 9.90. The van der Waals surface area contributed by atoms with Crippen LogP contribution in [0.4, 0.5) is 0 Å². The number of nitrogens with zero attached hydrogens (tertiary/aromatic N) is 4. The molecular formula is C21H24N5O3+. The number of ether oxygens (including phenoxy) is 3. The molecule has 29 heavy (non-hydrogen) atoms. The summed E-state index contributed by atoms with van der Waals surface area (Å²) in [6, 6.07) is 8.20. The fraction of sp³-hybridized carbons (Fsp3) is 0.381. The first-order chi connectivity index (χ1) is 14.1. The molecule has 2 aliphatic heterocycles. The lowest BCUT2D eigenvalue weighted by Crippen LogP contribution is -3.10. The number of aromatic nitrogens is 4. The summed E-state index contributed by atoms with van der Waals surface area (Å²) in [4.78, 5) is 1.30. The summed E-state index contributed by atoms with van der Waals surface area (Å²) in [6.07, 6.45) is 0.926. The van der Waals surface area contributed by atoms with E-state index in [2.05, 4.69) is 60.7 Å². The van der Waals surface area contributed by atoms with Gasteiger partial charge in [0.15, 0.2) is 17.5 Å². The lowest BCUT2D eigenvalue weighted by Gasteiger charge is -2.32. The molecule has 8 nitrogen and oxygen atoms in total. The molecule has 2 aromatic carbocycles. The van der Waals surface area contributed by atoms with Gasteiger partial charge in [-0.3, -0.25) is 0 Å². The predicted molar refractivity (Wildman–Crippen MR) is 105 cm³/mol. The molecule has 5 rings (SSSR count). The number of quaternary nitrogens is 1. The SMILES string of the molecule is COc1c2c(cc3c1[C@H](c1nnnn1-c1c(C)cccc1C)[NH+](C)CC3)OCO2. The van der Waals surface area contributed by atoms with Gasteiger partial charge in [0.25, 0.3) is 0 Å². The Bertz CT molecular complexity index is 1070. The first kappa shape index (κ1) is 17.9. The van der Waals surface area contributed by atoms with E-state index in [4.69, 9.17) is 14.2 Å². The van der Waals surface area contributed by atoms with Gasteiger partial charge in [-0.1, -0.05) is 18.2 Å². The molecule has 2 atom stereocenters. The zero-order valence-electron chi connectivity index (χ0n) is 17.0. The fourth-order valence-electron chi connectivity index (χ4n) is 4.55. The molecule has 150 valence electrons. The topological polar surface area (TPSA) is 75.7 Å². The van der Waals surface area contributed by atoms with Crippen molar-refractivity contribution in [3.8, 4) is 22.9 Å². The van der Waals surface area contributed by atoms with Crippen LogP contribution in [-0.2, 0) is 6.42 Å². The quantitative estimate of drug-likeness (QED) is 0.719. The van der Waals surface area contributed by atoms with E-state index in [9.17, 15) is 0 Å². The van der Waals surface area contributed by atoms with E-state index in [0.717, 1.165) is 52.7 Å². The second-order valence-corrected chi connectivity index (χ2v) is 7.69. The largest absolute Gasteiger partial charge is 0.492 e. The van der Waals surface area contributed by atoms with E-state index in [1.54, 1.807) is 7.11 Å². The van der Waals surface area contributed by atoms with Gasteiger partial charge < -0.3 is 19.1 Å². The number of rotatable bonds is 3. The van der Waals surface area contributed by atoms with Crippen LogP contribution in [0.3, 0.4) is 0 Å². The van der Waals surface area contributed by atoms with E-state index in [1.807, 2.05) is 4.68 Å². The fourth-order valence-corrected chi connectivity index (χ4v) is 4.55. The van der Waals surface area contributed by atoms with Crippen molar-refractivity contribution < 1.29 is 19.1 Å². The number of hydrogen-bond donors (Lipinski definition) is 1. The Balaban J connectivity index is 1.73. The normalized spacial score (nSPS) is 19.9. The molecule has 0 aliphatic carbocycles. The van der Waals surface area contributed by atoms with Crippen LogP contribution >= 0.6 is 0 Å². The van der Waals surface area contributed by atoms with Crippen LogP contribution in [0.15, 0.2) is 24.3 Å². The van der Waals surface area contributed by atoms with E-state index in [1.165, 1.54) is 10.5 Å². The molecule has 3 heterocycles. The highest BCUT2D eigenvalue weighted by Gasteiger charge is 2.40. The van der Waals surface area contributed by atoms with Crippen molar-refractivity contribution in [3.63, 3.8) is 0 Å². The summed E-state index contributed by atoms with van der Waals surface area (Å²) >= 11 is 0. The maximum atomic E-state index is 5.83. The molecule has 0 bridgehead atoms. The van der Waals surface area contributed by atoms with Crippen LogP contribution < -0.4 is 19.1 Å². The van der Waals surface area contributed by atoms with Crippen LogP contribution in [0, 0.1) is 13.8 Å². The van der Waals surface area contributed by atoms with Crippen molar-refractivity contribution >= 4 is 0 Å². The second-order valence-electron chi connectivity index (χ2n) is 7.69. The van der Waals surface area contributed by atoms with Gasteiger partial charge in [0, 0.05) is 6.42 Å². The van der Waals surface area contributed by atoms with Gasteiger partial charge in [-0.15, -0.1) is 5.10 Å². The van der Waals surface area contributed by atoms with Gasteiger partial charge in [0.05, 0.1) is 32.0 Å². The zero-order chi connectivity index (χ0) is 20.1. The Morgan fingerprint density at radius 2 is 2.00 bits per heavy atom. The molecule has 2 aliphatic rings. The van der Waals surface area contributed by atoms with Crippen LogP contribution in [-0.4, -0.2) is 47.7 Å². The van der Waals surface area contributed by atoms with Crippen molar-refractivity contribution in [1.29, 1.82) is 0 Å². The summed E-state index contributed by atoms with van der Waals surface area (Å²) in [5, 5.41) is 12.9. The number of benzene rings is 2. The molecular weight excluding hydrogens is 370 g/mol. The molecule has 0 saturated heterocycles. The number of methoxy groups -OCH3 is 1. The number of tetrazole rings is 1.